The van der Waals surface area contributed by atoms with Crippen molar-refractivity contribution in [2.24, 2.45) is 0 Å². The number of hydrogen-bond acceptors (Lipinski definition) is 8. The summed E-state index contributed by atoms with van der Waals surface area (Å²) in [6, 6.07) is 19.8. The van der Waals surface area contributed by atoms with Gasteiger partial charge in [-0.25, -0.2) is 9.97 Å². The smallest absolute Gasteiger partial charge is 0.251 e. The van der Waals surface area contributed by atoms with E-state index in [1.807, 2.05) is 55.5 Å². The molecule has 1 N–H and O–H groups in total. The first-order valence-corrected chi connectivity index (χ1v) is 14.4. The lowest BCUT2D eigenvalue weighted by atomic mass is 10.1. The molecule has 1 amide bonds. The SMILES string of the molecule is COc1ccc(N2CCN(c3nc(SCc4cccc(C(=O)NCc5ccncc5)c4)nc(C)c3C)CC2)cc1. The number of carbonyl (C=O) groups is 1. The van der Waals surface area contributed by atoms with Crippen molar-refractivity contribution >= 4 is 29.2 Å². The number of benzene rings is 2. The van der Waals surface area contributed by atoms with Crippen LogP contribution in [0.5, 0.6) is 5.75 Å². The molecule has 0 aliphatic carbocycles. The number of anilines is 2. The molecule has 8 nitrogen and oxygen atoms in total. The normalized spacial score (nSPS) is 13.3. The van der Waals surface area contributed by atoms with Crippen molar-refractivity contribution < 1.29 is 9.53 Å². The summed E-state index contributed by atoms with van der Waals surface area (Å²) >= 11 is 1.60. The minimum Gasteiger partial charge on any atom is -0.497 e. The van der Waals surface area contributed by atoms with Crippen molar-refractivity contribution in [3.63, 3.8) is 0 Å². The first kappa shape index (κ1) is 27.5. The molecular weight excluding hydrogens is 520 g/mol. The number of nitrogens with zero attached hydrogens (tertiary/aromatic N) is 5. The summed E-state index contributed by atoms with van der Waals surface area (Å²) < 4.78 is 5.29. The standard InChI is InChI=1S/C31H34N6O2S/c1-22-23(2)34-31(35-29(22)37-17-15-36(16-18-37)27-7-9-28(39-3)10-8-27)40-21-25-5-4-6-26(19-25)30(38)33-20-24-11-13-32-14-12-24/h4-14,19H,15-18,20-21H2,1-3H3,(H,33,38). The van der Waals surface area contributed by atoms with Gasteiger partial charge >= 0.3 is 0 Å². The van der Waals surface area contributed by atoms with Gasteiger partial charge in [-0.1, -0.05) is 23.9 Å². The van der Waals surface area contributed by atoms with Crippen LogP contribution in [0, 0.1) is 13.8 Å². The van der Waals surface area contributed by atoms with Crippen LogP contribution in [0.25, 0.3) is 0 Å². The molecular formula is C31H34N6O2S. The molecule has 9 heteroatoms. The number of amides is 1. The maximum absolute atomic E-state index is 12.7. The molecule has 206 valence electrons. The van der Waals surface area contributed by atoms with Crippen molar-refractivity contribution in [2.75, 3.05) is 43.1 Å². The Hall–Kier alpha value is -4.11. The topological polar surface area (TPSA) is 83.5 Å². The number of nitrogens with one attached hydrogen (secondary N) is 1. The second-order valence-electron chi connectivity index (χ2n) is 9.74. The van der Waals surface area contributed by atoms with Crippen molar-refractivity contribution in [1.82, 2.24) is 20.3 Å². The van der Waals surface area contributed by atoms with E-state index in [2.05, 4.69) is 39.2 Å². The largest absolute Gasteiger partial charge is 0.497 e. The molecule has 40 heavy (non-hydrogen) atoms. The number of aryl methyl sites for hydroxylation is 1. The maximum atomic E-state index is 12.7. The van der Waals surface area contributed by atoms with Crippen LogP contribution in [0.1, 0.15) is 32.7 Å². The third-order valence-electron chi connectivity index (χ3n) is 7.12. The Morgan fingerprint density at radius 2 is 1.65 bits per heavy atom. The highest BCUT2D eigenvalue weighted by molar-refractivity contribution is 7.98. The van der Waals surface area contributed by atoms with Gasteiger partial charge in [-0.3, -0.25) is 9.78 Å². The zero-order valence-electron chi connectivity index (χ0n) is 23.1. The Labute approximate surface area is 239 Å². The summed E-state index contributed by atoms with van der Waals surface area (Å²) in [5, 5.41) is 3.73. The van der Waals surface area contributed by atoms with E-state index in [-0.39, 0.29) is 5.91 Å². The summed E-state index contributed by atoms with van der Waals surface area (Å²) in [7, 11) is 1.69. The van der Waals surface area contributed by atoms with Crippen molar-refractivity contribution in [3.05, 3.63) is 101 Å². The fourth-order valence-electron chi connectivity index (χ4n) is 4.67. The van der Waals surface area contributed by atoms with Crippen LogP contribution >= 0.6 is 11.8 Å². The molecule has 0 atom stereocenters. The second kappa shape index (κ2) is 12.8. The molecule has 1 saturated heterocycles. The van der Waals surface area contributed by atoms with Crippen molar-refractivity contribution in [2.45, 2.75) is 31.3 Å². The van der Waals surface area contributed by atoms with Gasteiger partial charge in [0.1, 0.15) is 11.6 Å². The van der Waals surface area contributed by atoms with E-state index < -0.39 is 0 Å². The molecule has 5 rings (SSSR count). The van der Waals surface area contributed by atoms with Gasteiger partial charge in [-0.15, -0.1) is 0 Å². The van der Waals surface area contributed by atoms with Gasteiger partial charge < -0.3 is 19.9 Å². The number of methoxy groups -OCH3 is 1. The lowest BCUT2D eigenvalue weighted by Gasteiger charge is -2.37. The Bertz CT molecular complexity index is 1440. The number of rotatable bonds is 9. The van der Waals surface area contributed by atoms with Crippen molar-refractivity contribution in [1.29, 1.82) is 0 Å². The molecule has 1 aliphatic rings. The lowest BCUT2D eigenvalue weighted by molar-refractivity contribution is 0.0951. The summed E-state index contributed by atoms with van der Waals surface area (Å²) in [6.45, 7) is 8.25. The van der Waals surface area contributed by atoms with E-state index in [4.69, 9.17) is 14.7 Å². The summed E-state index contributed by atoms with van der Waals surface area (Å²) in [5.41, 5.74) is 6.03. The lowest BCUT2D eigenvalue weighted by Crippen LogP contribution is -2.47. The number of piperazine rings is 1. The minimum absolute atomic E-state index is 0.0952. The molecule has 4 aromatic rings. The van der Waals surface area contributed by atoms with Gasteiger partial charge in [0.2, 0.25) is 0 Å². The zero-order valence-corrected chi connectivity index (χ0v) is 23.9. The van der Waals surface area contributed by atoms with Crippen LogP contribution in [-0.4, -0.2) is 54.1 Å². The number of aromatic nitrogens is 3. The van der Waals surface area contributed by atoms with Crippen LogP contribution in [0.4, 0.5) is 11.5 Å². The average molecular weight is 555 g/mol. The Kier molecular flexibility index (Phi) is 8.81. The second-order valence-corrected chi connectivity index (χ2v) is 10.7. The molecule has 2 aromatic heterocycles. The van der Waals surface area contributed by atoms with Crippen LogP contribution in [0.2, 0.25) is 0 Å². The fourth-order valence-corrected chi connectivity index (χ4v) is 5.49. The zero-order chi connectivity index (χ0) is 27.9. The number of pyridine rings is 1. The van der Waals surface area contributed by atoms with Crippen LogP contribution in [0.3, 0.4) is 0 Å². The quantitative estimate of drug-likeness (QED) is 0.228. The Morgan fingerprint density at radius 1 is 0.925 bits per heavy atom. The summed E-state index contributed by atoms with van der Waals surface area (Å²) in [6.07, 6.45) is 3.45. The minimum atomic E-state index is -0.0952. The van der Waals surface area contributed by atoms with Gasteiger partial charge in [0, 0.05) is 73.4 Å². The molecule has 1 aliphatic heterocycles. The van der Waals surface area contributed by atoms with E-state index in [9.17, 15) is 4.79 Å². The van der Waals surface area contributed by atoms with E-state index in [0.717, 1.165) is 65.3 Å². The van der Waals surface area contributed by atoms with Gasteiger partial charge in [0.15, 0.2) is 5.16 Å². The summed E-state index contributed by atoms with van der Waals surface area (Å²) in [4.78, 5) is 31.2. The molecule has 2 aromatic carbocycles. The predicted octanol–water partition coefficient (Wildman–Crippen LogP) is 5.05. The van der Waals surface area contributed by atoms with E-state index in [1.54, 1.807) is 31.3 Å². The van der Waals surface area contributed by atoms with Gasteiger partial charge in [0.05, 0.1) is 7.11 Å². The van der Waals surface area contributed by atoms with E-state index >= 15 is 0 Å². The average Bonchev–Trinajstić information content (AvgIpc) is 3.01. The number of carbonyl (C=O) groups excluding carboxylic acids is 1. The molecule has 1 fully saturated rings. The van der Waals surface area contributed by atoms with Gasteiger partial charge in [-0.05, 0) is 73.5 Å². The molecule has 0 bridgehead atoms. The highest BCUT2D eigenvalue weighted by atomic mass is 32.2. The van der Waals surface area contributed by atoms with Gasteiger partial charge in [0.25, 0.3) is 5.91 Å². The van der Waals surface area contributed by atoms with Crippen molar-refractivity contribution in [3.8, 4) is 5.75 Å². The monoisotopic (exact) mass is 554 g/mol. The first-order valence-electron chi connectivity index (χ1n) is 13.4. The Balaban J connectivity index is 1.20. The highest BCUT2D eigenvalue weighted by Crippen LogP contribution is 2.28. The Morgan fingerprint density at radius 3 is 2.38 bits per heavy atom. The highest BCUT2D eigenvalue weighted by Gasteiger charge is 2.22. The predicted molar refractivity (Wildman–Crippen MR) is 160 cm³/mol. The number of thioether (sulfide) groups is 1. The first-order chi connectivity index (χ1) is 19.5. The summed E-state index contributed by atoms with van der Waals surface area (Å²) in [5.74, 6) is 2.46. The molecule has 0 saturated carbocycles. The van der Waals surface area contributed by atoms with Crippen LogP contribution < -0.4 is 19.9 Å². The number of ether oxygens (including phenoxy) is 1. The maximum Gasteiger partial charge on any atom is 0.251 e. The molecule has 0 unspecified atom stereocenters. The number of hydrogen-bond donors (Lipinski definition) is 1. The van der Waals surface area contributed by atoms with E-state index in [1.165, 1.54) is 5.69 Å². The molecule has 3 heterocycles. The van der Waals surface area contributed by atoms with Crippen LogP contribution in [0.15, 0.2) is 78.2 Å². The third kappa shape index (κ3) is 6.71. The third-order valence-corrected chi connectivity index (χ3v) is 8.04. The van der Waals surface area contributed by atoms with E-state index in [0.29, 0.717) is 17.9 Å². The molecule has 0 radical (unpaired) electrons. The van der Waals surface area contributed by atoms with Crippen LogP contribution in [-0.2, 0) is 12.3 Å². The van der Waals surface area contributed by atoms with Gasteiger partial charge in [-0.2, -0.15) is 0 Å². The molecule has 0 spiro atoms. The fraction of sp³-hybridized carbons (Fsp3) is 0.290.